The van der Waals surface area contributed by atoms with E-state index >= 15 is 0 Å². The number of piperidine rings is 1. The number of aromatic nitrogens is 1. The monoisotopic (exact) mass is 582 g/mol. The molecule has 220 valence electrons. The first kappa shape index (κ1) is 26.9. The maximum absolute atomic E-state index is 13.1. The van der Waals surface area contributed by atoms with E-state index in [2.05, 4.69) is 14.8 Å². The van der Waals surface area contributed by atoms with Crippen LogP contribution in [0.5, 0.6) is 5.75 Å². The third-order valence-corrected chi connectivity index (χ3v) is 8.72. The number of rotatable bonds is 8. The standard InChI is InChI=1S/C31H29F3N2O6/c1-16-22-14-27(30(37)38)40-25(22)11-10-24(16)36-18-8-9-19(36)13-20(12-18)39-15-23-28(35-42-29(23)17-6-7-17)21-4-2-3-5-26(21)41-31(32,33)34/h2-5,10-11,14,17-20H,6-9,12-13,15H2,1H3,(H,37,38). The molecule has 2 aliphatic heterocycles. The molecule has 3 aliphatic rings. The molecule has 0 amide bonds. The summed E-state index contributed by atoms with van der Waals surface area (Å²) in [5, 5.41) is 14.3. The zero-order valence-corrected chi connectivity index (χ0v) is 22.8. The Balaban J connectivity index is 1.11. The molecule has 7 rings (SSSR count). The molecule has 1 N–H and O–H groups in total. The van der Waals surface area contributed by atoms with Gasteiger partial charge in [-0.1, -0.05) is 17.3 Å². The Kier molecular flexibility index (Phi) is 6.45. The van der Waals surface area contributed by atoms with Gasteiger partial charge in [0, 0.05) is 40.2 Å². The van der Waals surface area contributed by atoms with Crippen LogP contribution in [0.15, 0.2) is 51.4 Å². The van der Waals surface area contributed by atoms with Crippen molar-refractivity contribution in [1.29, 1.82) is 0 Å². The maximum atomic E-state index is 13.1. The molecule has 3 fully saturated rings. The lowest BCUT2D eigenvalue weighted by atomic mass is 9.96. The van der Waals surface area contributed by atoms with Crippen molar-refractivity contribution in [1.82, 2.24) is 5.16 Å². The van der Waals surface area contributed by atoms with Crippen LogP contribution in [-0.2, 0) is 11.3 Å². The number of furan rings is 1. The summed E-state index contributed by atoms with van der Waals surface area (Å²) in [5.74, 6) is -0.624. The minimum absolute atomic E-state index is 0.0354. The van der Waals surface area contributed by atoms with Crippen molar-refractivity contribution >= 4 is 22.6 Å². The van der Waals surface area contributed by atoms with E-state index in [0.29, 0.717) is 22.6 Å². The third-order valence-electron chi connectivity index (χ3n) is 8.72. The molecule has 4 heterocycles. The van der Waals surface area contributed by atoms with E-state index in [4.69, 9.17) is 13.7 Å². The van der Waals surface area contributed by atoms with Gasteiger partial charge >= 0.3 is 12.3 Å². The summed E-state index contributed by atoms with van der Waals surface area (Å²) in [7, 11) is 0. The molecule has 8 nitrogen and oxygen atoms in total. The third kappa shape index (κ3) is 4.89. The van der Waals surface area contributed by atoms with Crippen LogP contribution in [0.25, 0.3) is 22.2 Å². The number of para-hydroxylation sites is 1. The van der Waals surface area contributed by atoms with Gasteiger partial charge in [0.15, 0.2) is 0 Å². The minimum Gasteiger partial charge on any atom is -0.475 e. The number of aryl methyl sites for hydroxylation is 1. The largest absolute Gasteiger partial charge is 0.573 e. The van der Waals surface area contributed by atoms with Gasteiger partial charge in [-0.2, -0.15) is 0 Å². The first-order valence-electron chi connectivity index (χ1n) is 14.2. The van der Waals surface area contributed by atoms with Crippen molar-refractivity contribution in [3.05, 3.63) is 65.1 Å². The molecule has 4 aromatic rings. The molecule has 2 unspecified atom stereocenters. The van der Waals surface area contributed by atoms with E-state index < -0.39 is 12.3 Å². The zero-order valence-electron chi connectivity index (χ0n) is 22.8. The fraction of sp³-hybridized carbons (Fsp3) is 0.419. The van der Waals surface area contributed by atoms with Crippen LogP contribution in [0.3, 0.4) is 0 Å². The van der Waals surface area contributed by atoms with Crippen LogP contribution in [0.4, 0.5) is 18.9 Å². The second-order valence-corrected chi connectivity index (χ2v) is 11.4. The summed E-state index contributed by atoms with van der Waals surface area (Å²) in [6.45, 7) is 2.18. The highest BCUT2D eigenvalue weighted by Gasteiger charge is 2.42. The Morgan fingerprint density at radius 3 is 2.52 bits per heavy atom. The normalized spacial score (nSPS) is 22.2. The van der Waals surface area contributed by atoms with Gasteiger partial charge in [-0.25, -0.2) is 4.79 Å². The summed E-state index contributed by atoms with van der Waals surface area (Å²) < 4.78 is 61.3. The fourth-order valence-corrected chi connectivity index (χ4v) is 6.70. The van der Waals surface area contributed by atoms with Gasteiger partial charge in [-0.15, -0.1) is 13.2 Å². The number of hydrogen-bond donors (Lipinski definition) is 1. The Labute approximate surface area is 239 Å². The molecule has 1 aliphatic carbocycles. The first-order valence-corrected chi connectivity index (χ1v) is 14.2. The van der Waals surface area contributed by atoms with Crippen molar-refractivity contribution in [2.45, 2.75) is 82.5 Å². The quantitative estimate of drug-likeness (QED) is 0.227. The molecule has 2 saturated heterocycles. The van der Waals surface area contributed by atoms with E-state index in [-0.39, 0.29) is 47.8 Å². The average molecular weight is 583 g/mol. The molecule has 2 atom stereocenters. The smallest absolute Gasteiger partial charge is 0.475 e. The van der Waals surface area contributed by atoms with E-state index in [9.17, 15) is 23.1 Å². The number of carboxylic acid groups (broad SMARTS) is 1. The van der Waals surface area contributed by atoms with Crippen molar-refractivity contribution in [3.8, 4) is 17.0 Å². The molecule has 2 aromatic carbocycles. The predicted molar refractivity (Wildman–Crippen MR) is 146 cm³/mol. The summed E-state index contributed by atoms with van der Waals surface area (Å²) >= 11 is 0. The number of carboxylic acids is 1. The Morgan fingerprint density at radius 1 is 1.10 bits per heavy atom. The maximum Gasteiger partial charge on any atom is 0.573 e. The van der Waals surface area contributed by atoms with E-state index in [1.165, 1.54) is 12.1 Å². The van der Waals surface area contributed by atoms with Crippen LogP contribution < -0.4 is 9.64 Å². The summed E-state index contributed by atoms with van der Waals surface area (Å²) in [6.07, 6.45) is 0.649. The van der Waals surface area contributed by atoms with Crippen LogP contribution in [-0.4, -0.2) is 40.8 Å². The molecule has 2 aromatic heterocycles. The second kappa shape index (κ2) is 10.1. The molecule has 0 radical (unpaired) electrons. The first-order chi connectivity index (χ1) is 20.2. The van der Waals surface area contributed by atoms with Gasteiger partial charge in [0.05, 0.1) is 12.7 Å². The van der Waals surface area contributed by atoms with Crippen LogP contribution in [0.1, 0.15) is 71.9 Å². The number of benzene rings is 2. The van der Waals surface area contributed by atoms with Gasteiger partial charge in [-0.3, -0.25) is 0 Å². The van der Waals surface area contributed by atoms with Crippen molar-refractivity contribution in [2.24, 2.45) is 0 Å². The molecule has 2 bridgehead atoms. The van der Waals surface area contributed by atoms with Crippen molar-refractivity contribution < 1.29 is 41.5 Å². The Morgan fingerprint density at radius 2 is 1.83 bits per heavy atom. The summed E-state index contributed by atoms with van der Waals surface area (Å²) in [4.78, 5) is 13.9. The van der Waals surface area contributed by atoms with E-state index in [1.54, 1.807) is 18.2 Å². The number of anilines is 1. The highest BCUT2D eigenvalue weighted by atomic mass is 19.4. The molecular formula is C31H29F3N2O6. The topological polar surface area (TPSA) is 98.2 Å². The SMILES string of the molecule is Cc1c(N2C3CCC2CC(OCc2c(-c4ccccc4OC(F)(F)F)noc2C2CC2)C3)ccc2oc(C(=O)O)cc12. The van der Waals surface area contributed by atoms with Gasteiger partial charge in [0.1, 0.15) is 22.8 Å². The number of nitrogens with zero attached hydrogens (tertiary/aromatic N) is 2. The zero-order chi connectivity index (χ0) is 29.2. The van der Waals surface area contributed by atoms with Gasteiger partial charge < -0.3 is 28.4 Å². The predicted octanol–water partition coefficient (Wildman–Crippen LogP) is 7.59. The molecule has 11 heteroatoms. The molecule has 42 heavy (non-hydrogen) atoms. The van der Waals surface area contributed by atoms with Gasteiger partial charge in [0.2, 0.25) is 5.76 Å². The molecular weight excluding hydrogens is 553 g/mol. The lowest BCUT2D eigenvalue weighted by Gasteiger charge is -2.41. The number of carbonyl (C=O) groups is 1. The van der Waals surface area contributed by atoms with Crippen LogP contribution in [0, 0.1) is 6.92 Å². The average Bonchev–Trinajstić information content (AvgIpc) is 3.44. The minimum atomic E-state index is -4.83. The van der Waals surface area contributed by atoms with Crippen molar-refractivity contribution in [2.75, 3.05) is 4.90 Å². The van der Waals surface area contributed by atoms with E-state index in [1.807, 2.05) is 19.1 Å². The second-order valence-electron chi connectivity index (χ2n) is 11.4. The molecule has 1 saturated carbocycles. The summed E-state index contributed by atoms with van der Waals surface area (Å²) in [5.41, 5.74) is 3.84. The van der Waals surface area contributed by atoms with Crippen LogP contribution in [0.2, 0.25) is 0 Å². The van der Waals surface area contributed by atoms with Crippen LogP contribution >= 0.6 is 0 Å². The lowest BCUT2D eigenvalue weighted by Crippen LogP contribution is -2.45. The summed E-state index contributed by atoms with van der Waals surface area (Å²) in [6, 6.07) is 11.9. The van der Waals surface area contributed by atoms with Crippen molar-refractivity contribution in [3.63, 3.8) is 0 Å². The van der Waals surface area contributed by atoms with E-state index in [0.717, 1.165) is 55.2 Å². The number of aromatic carboxylic acids is 1. The number of hydrogen-bond acceptors (Lipinski definition) is 7. The number of fused-ring (bicyclic) bond motifs is 3. The number of alkyl halides is 3. The molecule has 0 spiro atoms. The van der Waals surface area contributed by atoms with Gasteiger partial charge in [0.25, 0.3) is 0 Å². The lowest BCUT2D eigenvalue weighted by molar-refractivity contribution is -0.274. The highest BCUT2D eigenvalue weighted by Crippen LogP contribution is 2.47. The highest BCUT2D eigenvalue weighted by molar-refractivity contribution is 5.94. The Bertz CT molecular complexity index is 1640. The Hall–Kier alpha value is -3.99. The fourth-order valence-electron chi connectivity index (χ4n) is 6.70. The number of halogens is 3. The van der Waals surface area contributed by atoms with Gasteiger partial charge in [-0.05, 0) is 81.3 Å². The number of ether oxygens (including phenoxy) is 2.